The van der Waals surface area contributed by atoms with E-state index < -0.39 is 22.2 Å². The molecule has 0 unspecified atom stereocenters. The monoisotopic (exact) mass is 308 g/mol. The fourth-order valence-corrected chi connectivity index (χ4v) is 1.73. The van der Waals surface area contributed by atoms with Crippen molar-refractivity contribution < 1.29 is 25.8 Å². The minimum Gasteiger partial charge on any atom is -0.258 e. The lowest BCUT2D eigenvalue weighted by Crippen LogP contribution is -2.25. The van der Waals surface area contributed by atoms with E-state index in [0.29, 0.717) is 0 Å². The molecule has 0 aliphatic rings. The van der Waals surface area contributed by atoms with Crippen LogP contribution in [0.4, 0.5) is 13.2 Å². The maximum absolute atomic E-state index is 11.9. The molecule has 96 valence electrons. The van der Waals surface area contributed by atoms with Gasteiger partial charge in [0.1, 0.15) is 0 Å². The highest BCUT2D eigenvalue weighted by molar-refractivity contribution is 7.87. The molecule has 0 amide bonds. The van der Waals surface area contributed by atoms with Gasteiger partial charge in [0.25, 0.3) is 0 Å². The Hall–Kier alpha value is -0.500. The summed E-state index contributed by atoms with van der Waals surface area (Å²) in [6, 6.07) is 3.89. The fraction of sp³-hybridized carbons (Fsp3) is 0.250. The van der Waals surface area contributed by atoms with Gasteiger partial charge in [0.05, 0.1) is 6.61 Å². The molecule has 0 aromatic heterocycles. The molecule has 0 atom stereocenters. The molecule has 1 aromatic carbocycles. The molecule has 1 rings (SSSR count). The molecule has 0 heterocycles. The Labute approximate surface area is 105 Å². The standard InChI is InChI=1S/C8H5Cl2F3O3S/c9-6-2-1-5(7(10)3-6)4-16-17(14,15)8(11,12)13/h1-3H,4H2. The minimum absolute atomic E-state index is 0.0230. The van der Waals surface area contributed by atoms with E-state index in [4.69, 9.17) is 23.2 Å². The first-order valence-electron chi connectivity index (χ1n) is 4.03. The predicted octanol–water partition coefficient (Wildman–Crippen LogP) is 3.36. The molecule has 3 nitrogen and oxygen atoms in total. The smallest absolute Gasteiger partial charge is 0.258 e. The highest BCUT2D eigenvalue weighted by atomic mass is 35.5. The molecule has 1 aromatic rings. The Balaban J connectivity index is 2.82. The van der Waals surface area contributed by atoms with Gasteiger partial charge in [-0.15, -0.1) is 0 Å². The van der Waals surface area contributed by atoms with Crippen LogP contribution in [0, 0.1) is 0 Å². The second kappa shape index (κ2) is 5.01. The van der Waals surface area contributed by atoms with E-state index in [9.17, 15) is 21.6 Å². The van der Waals surface area contributed by atoms with Crippen LogP contribution in [0.5, 0.6) is 0 Å². The minimum atomic E-state index is -5.61. The lowest BCUT2D eigenvalue weighted by molar-refractivity contribution is -0.0547. The summed E-state index contributed by atoms with van der Waals surface area (Å²) in [6.45, 7) is -0.808. The Morgan fingerprint density at radius 2 is 1.82 bits per heavy atom. The molecule has 0 saturated carbocycles. The number of rotatable bonds is 3. The van der Waals surface area contributed by atoms with Crippen molar-refractivity contribution in [1.29, 1.82) is 0 Å². The van der Waals surface area contributed by atoms with Gasteiger partial charge in [-0.25, -0.2) is 0 Å². The highest BCUT2D eigenvalue weighted by Crippen LogP contribution is 2.27. The van der Waals surface area contributed by atoms with Gasteiger partial charge in [-0.2, -0.15) is 21.6 Å². The van der Waals surface area contributed by atoms with Crippen molar-refractivity contribution in [2.75, 3.05) is 0 Å². The van der Waals surface area contributed by atoms with Crippen LogP contribution < -0.4 is 0 Å². The third-order valence-electron chi connectivity index (χ3n) is 1.67. The number of hydrogen-bond donors (Lipinski definition) is 0. The average Bonchev–Trinajstić information content (AvgIpc) is 2.14. The van der Waals surface area contributed by atoms with E-state index in [0.717, 1.165) is 0 Å². The van der Waals surface area contributed by atoms with E-state index >= 15 is 0 Å². The summed E-state index contributed by atoms with van der Waals surface area (Å²) in [4.78, 5) is 0. The Morgan fingerprint density at radius 1 is 1.24 bits per heavy atom. The molecule has 17 heavy (non-hydrogen) atoms. The third kappa shape index (κ3) is 3.74. The molecule has 0 radical (unpaired) electrons. The molecule has 0 bridgehead atoms. The molecule has 0 N–H and O–H groups in total. The van der Waals surface area contributed by atoms with E-state index in [1.165, 1.54) is 18.2 Å². The van der Waals surface area contributed by atoms with Gasteiger partial charge in [-0.05, 0) is 17.7 Å². The number of halogens is 5. The van der Waals surface area contributed by atoms with E-state index in [1.807, 2.05) is 0 Å². The Kier molecular flexibility index (Phi) is 4.29. The number of hydrogen-bond acceptors (Lipinski definition) is 3. The zero-order valence-electron chi connectivity index (χ0n) is 7.96. The normalized spacial score (nSPS) is 12.8. The lowest BCUT2D eigenvalue weighted by Gasteiger charge is -2.09. The lowest BCUT2D eigenvalue weighted by atomic mass is 10.2. The first-order chi connectivity index (χ1) is 7.63. The third-order valence-corrected chi connectivity index (χ3v) is 3.25. The van der Waals surface area contributed by atoms with Gasteiger partial charge in [0.15, 0.2) is 0 Å². The summed E-state index contributed by atoms with van der Waals surface area (Å²) < 4.78 is 60.8. The molecular formula is C8H5Cl2F3O3S. The Morgan fingerprint density at radius 3 is 2.29 bits per heavy atom. The van der Waals surface area contributed by atoms with Gasteiger partial charge in [0.2, 0.25) is 0 Å². The van der Waals surface area contributed by atoms with E-state index in [1.54, 1.807) is 0 Å². The van der Waals surface area contributed by atoms with Crippen molar-refractivity contribution >= 4 is 33.3 Å². The van der Waals surface area contributed by atoms with Crippen molar-refractivity contribution in [3.63, 3.8) is 0 Å². The molecule has 9 heteroatoms. The quantitative estimate of drug-likeness (QED) is 0.635. The van der Waals surface area contributed by atoms with Crippen LogP contribution in [0.15, 0.2) is 18.2 Å². The second-order valence-corrected chi connectivity index (χ2v) is 5.35. The van der Waals surface area contributed by atoms with Crippen LogP contribution in [-0.4, -0.2) is 13.9 Å². The van der Waals surface area contributed by atoms with Gasteiger partial charge < -0.3 is 0 Å². The zero-order chi connectivity index (χ0) is 13.3. The van der Waals surface area contributed by atoms with Crippen molar-refractivity contribution in [2.24, 2.45) is 0 Å². The van der Waals surface area contributed by atoms with Gasteiger partial charge >= 0.3 is 15.6 Å². The Bertz CT molecular complexity index is 513. The topological polar surface area (TPSA) is 43.4 Å². The molecule has 0 aliphatic carbocycles. The van der Waals surface area contributed by atoms with Crippen LogP contribution in [-0.2, 0) is 20.9 Å². The van der Waals surface area contributed by atoms with Crippen LogP contribution in [0.1, 0.15) is 5.56 Å². The van der Waals surface area contributed by atoms with E-state index in [-0.39, 0.29) is 15.6 Å². The van der Waals surface area contributed by atoms with E-state index in [2.05, 4.69) is 4.18 Å². The maximum Gasteiger partial charge on any atom is 0.523 e. The SMILES string of the molecule is O=S(=O)(OCc1ccc(Cl)cc1Cl)C(F)(F)F. The van der Waals surface area contributed by atoms with Gasteiger partial charge in [-0.1, -0.05) is 29.3 Å². The summed E-state index contributed by atoms with van der Waals surface area (Å²) in [5.41, 5.74) is -5.37. The number of alkyl halides is 3. The van der Waals surface area contributed by atoms with Gasteiger partial charge in [0, 0.05) is 10.0 Å². The molecule has 0 aliphatic heterocycles. The summed E-state index contributed by atoms with van der Waals surface area (Å²) in [5, 5.41) is 0.298. The molecule has 0 fully saturated rings. The maximum atomic E-state index is 11.9. The van der Waals surface area contributed by atoms with Crippen molar-refractivity contribution in [3.05, 3.63) is 33.8 Å². The van der Waals surface area contributed by atoms with Crippen molar-refractivity contribution in [3.8, 4) is 0 Å². The first-order valence-corrected chi connectivity index (χ1v) is 6.19. The van der Waals surface area contributed by atoms with Crippen LogP contribution in [0.3, 0.4) is 0 Å². The first kappa shape index (κ1) is 14.6. The number of benzene rings is 1. The van der Waals surface area contributed by atoms with Crippen LogP contribution in [0.2, 0.25) is 10.0 Å². The summed E-state index contributed by atoms with van der Waals surface area (Å²) in [5.74, 6) is 0. The average molecular weight is 309 g/mol. The largest absolute Gasteiger partial charge is 0.523 e. The van der Waals surface area contributed by atoms with Crippen LogP contribution >= 0.6 is 23.2 Å². The van der Waals surface area contributed by atoms with Crippen molar-refractivity contribution in [2.45, 2.75) is 12.1 Å². The summed E-state index contributed by atoms with van der Waals surface area (Å²) >= 11 is 11.2. The van der Waals surface area contributed by atoms with Gasteiger partial charge in [-0.3, -0.25) is 4.18 Å². The zero-order valence-corrected chi connectivity index (χ0v) is 10.3. The van der Waals surface area contributed by atoms with Crippen molar-refractivity contribution in [1.82, 2.24) is 0 Å². The summed E-state index contributed by atoms with van der Waals surface area (Å²) in [7, 11) is -5.61. The predicted molar refractivity (Wildman–Crippen MR) is 56.2 cm³/mol. The van der Waals surface area contributed by atoms with Crippen LogP contribution in [0.25, 0.3) is 0 Å². The molecule has 0 spiro atoms. The molecule has 0 saturated heterocycles. The highest BCUT2D eigenvalue weighted by Gasteiger charge is 2.47. The molecular weight excluding hydrogens is 304 g/mol. The second-order valence-electron chi connectivity index (χ2n) is 2.90. The summed E-state index contributed by atoms with van der Waals surface area (Å²) in [6.07, 6.45) is 0. The fourth-order valence-electron chi connectivity index (χ4n) is 0.847.